The van der Waals surface area contributed by atoms with E-state index in [1.807, 2.05) is 22.9 Å². The molecule has 4 heterocycles. The smallest absolute Gasteiger partial charge is 0.210 e. The van der Waals surface area contributed by atoms with Crippen molar-refractivity contribution in [2.24, 2.45) is 0 Å². The Morgan fingerprint density at radius 3 is 2.71 bits per heavy atom. The molecule has 0 aromatic carbocycles. The highest BCUT2D eigenvalue weighted by atomic mass is 32.2. The number of nitrogens with one attached hydrogen (secondary N) is 1. The van der Waals surface area contributed by atoms with Gasteiger partial charge in [0.2, 0.25) is 15.0 Å². The van der Waals surface area contributed by atoms with Gasteiger partial charge in [0, 0.05) is 18.3 Å². The first kappa shape index (κ1) is 15.9. The second kappa shape index (κ2) is 6.37. The Hall–Kier alpha value is -1.59. The third-order valence-electron chi connectivity index (χ3n) is 3.32. The molecule has 0 saturated heterocycles. The summed E-state index contributed by atoms with van der Waals surface area (Å²) in [6.45, 7) is 0.320. The van der Waals surface area contributed by atoms with Crippen molar-refractivity contribution in [2.75, 3.05) is 6.54 Å². The minimum Gasteiger partial charge on any atom is -0.210 e. The molecule has 6 nitrogen and oxygen atoms in total. The molecule has 124 valence electrons. The maximum Gasteiger partial charge on any atom is 0.250 e. The first-order valence-corrected chi connectivity index (χ1v) is 11.2. The van der Waals surface area contributed by atoms with Crippen LogP contribution in [0.4, 0.5) is 0 Å². The second-order valence-corrected chi connectivity index (χ2v) is 9.64. The van der Waals surface area contributed by atoms with Gasteiger partial charge in [0.25, 0.3) is 0 Å². The average Bonchev–Trinajstić information content (AvgIpc) is 3.32. The molecule has 0 saturated carbocycles. The average molecular weight is 397 g/mol. The number of rotatable bonds is 6. The lowest BCUT2D eigenvalue weighted by atomic mass is 10.3. The number of aromatic nitrogens is 3. The lowest BCUT2D eigenvalue weighted by Gasteiger charge is -2.03. The van der Waals surface area contributed by atoms with Gasteiger partial charge in [-0.05, 0) is 22.9 Å². The summed E-state index contributed by atoms with van der Waals surface area (Å²) in [5.74, 6) is 0.706. The quantitative estimate of drug-likeness (QED) is 0.543. The summed E-state index contributed by atoms with van der Waals surface area (Å²) in [7, 11) is -3.43. The first-order valence-electron chi connectivity index (χ1n) is 7.04. The molecule has 0 aliphatic heterocycles. The third kappa shape index (κ3) is 3.03. The number of thiazole rings is 1. The van der Waals surface area contributed by atoms with E-state index >= 15 is 0 Å². The van der Waals surface area contributed by atoms with E-state index in [0.717, 1.165) is 15.5 Å². The Morgan fingerprint density at radius 1 is 1.12 bits per heavy atom. The highest BCUT2D eigenvalue weighted by Gasteiger charge is 2.16. The zero-order chi connectivity index (χ0) is 16.6. The summed E-state index contributed by atoms with van der Waals surface area (Å²) in [6.07, 6.45) is 0.553. The molecule has 0 amide bonds. The normalized spacial score (nSPS) is 12.2. The molecule has 0 radical (unpaired) electrons. The first-order chi connectivity index (χ1) is 11.6. The van der Waals surface area contributed by atoms with E-state index in [-0.39, 0.29) is 0 Å². The molecule has 0 aliphatic rings. The third-order valence-corrected chi connectivity index (χ3v) is 7.91. The van der Waals surface area contributed by atoms with E-state index in [1.165, 1.54) is 22.7 Å². The lowest BCUT2D eigenvalue weighted by Crippen LogP contribution is -2.25. The number of sulfonamides is 1. The fourth-order valence-corrected chi connectivity index (χ4v) is 5.79. The van der Waals surface area contributed by atoms with Crippen molar-refractivity contribution in [3.8, 4) is 10.7 Å². The second-order valence-electron chi connectivity index (χ2n) is 4.91. The van der Waals surface area contributed by atoms with E-state index < -0.39 is 10.0 Å². The van der Waals surface area contributed by atoms with E-state index in [2.05, 4.69) is 14.8 Å². The van der Waals surface area contributed by atoms with E-state index in [1.54, 1.807) is 33.4 Å². The van der Waals surface area contributed by atoms with Gasteiger partial charge in [0.15, 0.2) is 5.82 Å². The number of thiophene rings is 2. The van der Waals surface area contributed by atoms with E-state index in [0.29, 0.717) is 23.0 Å². The van der Waals surface area contributed by atoms with Gasteiger partial charge in [-0.25, -0.2) is 17.7 Å². The van der Waals surface area contributed by atoms with Crippen LogP contribution in [0, 0.1) is 0 Å². The molecule has 1 N–H and O–H groups in total. The van der Waals surface area contributed by atoms with Gasteiger partial charge in [0.05, 0.1) is 10.6 Å². The molecule has 0 spiro atoms. The van der Waals surface area contributed by atoms with Crippen LogP contribution in [0.1, 0.15) is 5.69 Å². The zero-order valence-corrected chi connectivity index (χ0v) is 15.5. The van der Waals surface area contributed by atoms with Crippen LogP contribution in [-0.2, 0) is 16.4 Å². The molecule has 10 heteroatoms. The van der Waals surface area contributed by atoms with Crippen molar-refractivity contribution < 1.29 is 8.42 Å². The lowest BCUT2D eigenvalue weighted by molar-refractivity contribution is 0.583. The number of fused-ring (bicyclic) bond motifs is 1. The number of hydrogen-bond donors (Lipinski definition) is 1. The molecule has 4 aromatic rings. The molecule has 24 heavy (non-hydrogen) atoms. The highest BCUT2D eigenvalue weighted by molar-refractivity contribution is 7.91. The predicted molar refractivity (Wildman–Crippen MR) is 97.4 cm³/mol. The van der Waals surface area contributed by atoms with Crippen molar-refractivity contribution in [3.63, 3.8) is 0 Å². The Morgan fingerprint density at radius 2 is 1.96 bits per heavy atom. The summed E-state index contributed by atoms with van der Waals surface area (Å²) >= 11 is 4.31. The van der Waals surface area contributed by atoms with Crippen molar-refractivity contribution in [3.05, 3.63) is 46.1 Å². The molecule has 4 aromatic heterocycles. The molecule has 0 aliphatic carbocycles. The summed E-state index contributed by atoms with van der Waals surface area (Å²) in [5, 5.41) is 10.2. The fourth-order valence-electron chi connectivity index (χ4n) is 2.21. The maximum absolute atomic E-state index is 12.1. The topological polar surface area (TPSA) is 76.4 Å². The van der Waals surface area contributed by atoms with Gasteiger partial charge in [-0.2, -0.15) is 4.98 Å². The van der Waals surface area contributed by atoms with E-state index in [4.69, 9.17) is 0 Å². The molecule has 0 atom stereocenters. The monoisotopic (exact) mass is 396 g/mol. The SMILES string of the molecule is O=S(=O)(NCCc1csc2nc(-c3cccs3)nn12)c1cccs1. The molecule has 0 fully saturated rings. The van der Waals surface area contributed by atoms with Crippen LogP contribution in [0.25, 0.3) is 15.7 Å². The Bertz CT molecular complexity index is 1050. The summed E-state index contributed by atoms with van der Waals surface area (Å²) < 4.78 is 29.0. The zero-order valence-electron chi connectivity index (χ0n) is 12.2. The van der Waals surface area contributed by atoms with Crippen molar-refractivity contribution in [1.29, 1.82) is 0 Å². The highest BCUT2D eigenvalue weighted by Crippen LogP contribution is 2.24. The molecule has 4 rings (SSSR count). The molecule has 0 unspecified atom stereocenters. The largest absolute Gasteiger partial charge is 0.250 e. The fraction of sp³-hybridized carbons (Fsp3) is 0.143. The van der Waals surface area contributed by atoms with Crippen LogP contribution in [0.2, 0.25) is 0 Å². The van der Waals surface area contributed by atoms with Crippen molar-refractivity contribution in [1.82, 2.24) is 19.3 Å². The summed E-state index contributed by atoms with van der Waals surface area (Å²) in [4.78, 5) is 6.35. The maximum atomic E-state index is 12.1. The Labute approximate surface area is 150 Å². The van der Waals surface area contributed by atoms with Gasteiger partial charge in [0.1, 0.15) is 4.21 Å². The van der Waals surface area contributed by atoms with Gasteiger partial charge in [-0.3, -0.25) is 0 Å². The van der Waals surface area contributed by atoms with Gasteiger partial charge < -0.3 is 0 Å². The number of hydrogen-bond acceptors (Lipinski definition) is 7. The van der Waals surface area contributed by atoms with Crippen molar-refractivity contribution in [2.45, 2.75) is 10.6 Å². The molecular weight excluding hydrogens is 384 g/mol. The Kier molecular flexibility index (Phi) is 4.22. The van der Waals surface area contributed by atoms with Crippen LogP contribution in [-0.4, -0.2) is 29.6 Å². The minimum absolute atomic E-state index is 0.320. The molecule has 0 bridgehead atoms. The van der Waals surface area contributed by atoms with Crippen LogP contribution >= 0.6 is 34.0 Å². The van der Waals surface area contributed by atoms with Gasteiger partial charge in [-0.15, -0.1) is 39.1 Å². The minimum atomic E-state index is -3.43. The van der Waals surface area contributed by atoms with E-state index in [9.17, 15) is 8.42 Å². The van der Waals surface area contributed by atoms with Gasteiger partial charge >= 0.3 is 0 Å². The van der Waals surface area contributed by atoms with Gasteiger partial charge in [-0.1, -0.05) is 12.1 Å². The summed E-state index contributed by atoms with van der Waals surface area (Å²) in [6, 6.07) is 7.28. The summed E-state index contributed by atoms with van der Waals surface area (Å²) in [5.41, 5.74) is 0.944. The number of nitrogens with zero attached hydrogens (tertiary/aromatic N) is 3. The predicted octanol–water partition coefficient (Wildman–Crippen LogP) is 3.10. The van der Waals surface area contributed by atoms with Crippen LogP contribution in [0.5, 0.6) is 0 Å². The molecular formula is C14H12N4O2S4. The van der Waals surface area contributed by atoms with Crippen molar-refractivity contribution >= 4 is 49.0 Å². The van der Waals surface area contributed by atoms with Crippen LogP contribution < -0.4 is 4.72 Å². The van der Waals surface area contributed by atoms with Crippen LogP contribution in [0.15, 0.2) is 44.6 Å². The van der Waals surface area contributed by atoms with Crippen LogP contribution in [0.3, 0.4) is 0 Å². The standard InChI is InChI=1S/C14H12N4O2S4/c19-24(20,12-4-2-8-22-12)15-6-5-10-9-23-14-16-13(17-18(10)14)11-3-1-7-21-11/h1-4,7-9,15H,5-6H2. The Balaban J connectivity index is 1.49.